The average molecular weight is 357 g/mol. The predicted molar refractivity (Wildman–Crippen MR) is 82.1 cm³/mol. The molecule has 21 heavy (non-hydrogen) atoms. The molecular formula is C15H17BrO5. The van der Waals surface area contributed by atoms with Crippen LogP contribution in [-0.2, 0) is 14.3 Å². The summed E-state index contributed by atoms with van der Waals surface area (Å²) >= 11 is 3.33. The lowest BCUT2D eigenvalue weighted by atomic mass is 9.95. The van der Waals surface area contributed by atoms with E-state index >= 15 is 0 Å². The second-order valence-electron chi connectivity index (χ2n) is 5.02. The largest absolute Gasteiger partial charge is 0.492 e. The molecule has 0 aromatic heterocycles. The zero-order valence-corrected chi connectivity index (χ0v) is 13.6. The second kappa shape index (κ2) is 7.26. The third kappa shape index (κ3) is 5.23. The molecular weight excluding hydrogens is 340 g/mol. The molecule has 0 amide bonds. The Morgan fingerprint density at radius 3 is 2.62 bits per heavy atom. The molecule has 0 atom stereocenters. The van der Waals surface area contributed by atoms with Crippen molar-refractivity contribution in [3.05, 3.63) is 34.3 Å². The summed E-state index contributed by atoms with van der Waals surface area (Å²) in [6, 6.07) is 5.18. The fraction of sp³-hybridized carbons (Fsp3) is 0.333. The number of hydrogen-bond acceptors (Lipinski definition) is 4. The van der Waals surface area contributed by atoms with Crippen LogP contribution in [0, 0.1) is 5.41 Å². The normalized spacial score (nSPS) is 11.4. The highest BCUT2D eigenvalue weighted by Gasteiger charge is 2.29. The Balaban J connectivity index is 2.84. The number of rotatable bonds is 6. The molecule has 114 valence electrons. The smallest absolute Gasteiger partial charge is 0.328 e. The molecule has 0 aliphatic rings. The molecule has 1 aromatic carbocycles. The zero-order chi connectivity index (χ0) is 16.0. The van der Waals surface area contributed by atoms with E-state index < -0.39 is 11.4 Å². The summed E-state index contributed by atoms with van der Waals surface area (Å²) in [6.45, 7) is 3.61. The monoisotopic (exact) mass is 356 g/mol. The van der Waals surface area contributed by atoms with Crippen molar-refractivity contribution < 1.29 is 24.2 Å². The number of esters is 1. The third-order valence-electron chi connectivity index (χ3n) is 2.71. The summed E-state index contributed by atoms with van der Waals surface area (Å²) in [5, 5.41) is 8.65. The minimum absolute atomic E-state index is 0.156. The van der Waals surface area contributed by atoms with E-state index in [9.17, 15) is 9.59 Å². The molecule has 0 bridgehead atoms. The van der Waals surface area contributed by atoms with Crippen LogP contribution in [0.25, 0.3) is 6.08 Å². The van der Waals surface area contributed by atoms with Crippen LogP contribution in [0.3, 0.4) is 0 Å². The summed E-state index contributed by atoms with van der Waals surface area (Å²) < 4.78 is 11.1. The first-order valence-corrected chi connectivity index (χ1v) is 6.97. The quantitative estimate of drug-likeness (QED) is 0.626. The number of halogens is 1. The minimum Gasteiger partial charge on any atom is -0.492 e. The van der Waals surface area contributed by atoms with E-state index in [1.165, 1.54) is 13.2 Å². The molecule has 5 nitrogen and oxygen atoms in total. The van der Waals surface area contributed by atoms with Gasteiger partial charge in [0.15, 0.2) is 0 Å². The maximum atomic E-state index is 11.6. The molecule has 1 N–H and O–H groups in total. The molecule has 0 fully saturated rings. The topological polar surface area (TPSA) is 72.8 Å². The number of hydrogen-bond donors (Lipinski definition) is 1. The van der Waals surface area contributed by atoms with Crippen molar-refractivity contribution in [2.45, 2.75) is 13.8 Å². The van der Waals surface area contributed by atoms with Gasteiger partial charge in [0.2, 0.25) is 0 Å². The van der Waals surface area contributed by atoms with Gasteiger partial charge in [-0.25, -0.2) is 4.79 Å². The van der Waals surface area contributed by atoms with Crippen LogP contribution in [0.4, 0.5) is 0 Å². The molecule has 0 aliphatic carbocycles. The van der Waals surface area contributed by atoms with E-state index in [-0.39, 0.29) is 12.6 Å². The van der Waals surface area contributed by atoms with Crippen LogP contribution in [0.5, 0.6) is 5.75 Å². The van der Waals surface area contributed by atoms with Crippen LogP contribution in [0.15, 0.2) is 28.7 Å². The van der Waals surface area contributed by atoms with E-state index in [1.807, 2.05) is 0 Å². The Hall–Kier alpha value is -1.82. The SMILES string of the molecule is COC(=O)C(C)(C)COc1ccc(Br)c(/C=C/C(=O)O)c1. The van der Waals surface area contributed by atoms with Gasteiger partial charge in [0.05, 0.1) is 12.5 Å². The van der Waals surface area contributed by atoms with Gasteiger partial charge in [-0.1, -0.05) is 15.9 Å². The summed E-state index contributed by atoms with van der Waals surface area (Å²) in [6.07, 6.45) is 2.51. The Morgan fingerprint density at radius 2 is 2.05 bits per heavy atom. The first-order chi connectivity index (χ1) is 9.76. The number of carboxylic acids is 1. The second-order valence-corrected chi connectivity index (χ2v) is 5.87. The Bertz CT molecular complexity index is 563. The number of carboxylic acid groups (broad SMARTS) is 1. The lowest BCUT2D eigenvalue weighted by Crippen LogP contribution is -2.32. The molecule has 1 rings (SSSR count). The van der Waals surface area contributed by atoms with Crippen molar-refractivity contribution in [1.82, 2.24) is 0 Å². The lowest BCUT2D eigenvalue weighted by molar-refractivity contribution is -0.152. The Kier molecular flexibility index (Phi) is 5.96. The molecule has 0 spiro atoms. The van der Waals surface area contributed by atoms with Gasteiger partial charge in [0.1, 0.15) is 12.4 Å². The number of aliphatic carboxylic acids is 1. The average Bonchev–Trinajstić information content (AvgIpc) is 2.43. The van der Waals surface area contributed by atoms with Gasteiger partial charge >= 0.3 is 11.9 Å². The van der Waals surface area contributed by atoms with Crippen molar-refractivity contribution in [2.75, 3.05) is 13.7 Å². The van der Waals surface area contributed by atoms with E-state index in [0.29, 0.717) is 11.3 Å². The van der Waals surface area contributed by atoms with E-state index in [0.717, 1.165) is 10.5 Å². The molecule has 6 heteroatoms. The summed E-state index contributed by atoms with van der Waals surface area (Å²) in [7, 11) is 1.33. The van der Waals surface area contributed by atoms with Crippen molar-refractivity contribution in [3.63, 3.8) is 0 Å². The number of carbonyl (C=O) groups is 2. The summed E-state index contributed by atoms with van der Waals surface area (Å²) in [5.74, 6) is -0.842. The van der Waals surface area contributed by atoms with Crippen LogP contribution >= 0.6 is 15.9 Å². The molecule has 0 saturated heterocycles. The number of benzene rings is 1. The van der Waals surface area contributed by atoms with Crippen LogP contribution < -0.4 is 4.74 Å². The maximum absolute atomic E-state index is 11.6. The first-order valence-electron chi connectivity index (χ1n) is 6.18. The van der Waals surface area contributed by atoms with E-state index in [4.69, 9.17) is 14.6 Å². The summed E-state index contributed by atoms with van der Waals surface area (Å²) in [4.78, 5) is 22.1. The van der Waals surface area contributed by atoms with Crippen molar-refractivity contribution >= 4 is 33.9 Å². The van der Waals surface area contributed by atoms with E-state index in [2.05, 4.69) is 15.9 Å². The zero-order valence-electron chi connectivity index (χ0n) is 12.1. The van der Waals surface area contributed by atoms with Gasteiger partial charge in [0.25, 0.3) is 0 Å². The minimum atomic E-state index is -1.03. The number of methoxy groups -OCH3 is 1. The predicted octanol–water partition coefficient (Wildman–Crippen LogP) is 3.12. The molecule has 0 aliphatic heterocycles. The van der Waals surface area contributed by atoms with Crippen molar-refractivity contribution in [2.24, 2.45) is 5.41 Å². The highest BCUT2D eigenvalue weighted by molar-refractivity contribution is 9.10. The van der Waals surface area contributed by atoms with Crippen molar-refractivity contribution in [3.8, 4) is 5.75 Å². The fourth-order valence-electron chi connectivity index (χ4n) is 1.50. The highest BCUT2D eigenvalue weighted by Crippen LogP contribution is 2.26. The Labute approximate surface area is 131 Å². The van der Waals surface area contributed by atoms with E-state index in [1.54, 1.807) is 32.0 Å². The highest BCUT2D eigenvalue weighted by atomic mass is 79.9. The van der Waals surface area contributed by atoms with Crippen molar-refractivity contribution in [1.29, 1.82) is 0 Å². The van der Waals surface area contributed by atoms with Gasteiger partial charge in [-0.3, -0.25) is 4.79 Å². The number of ether oxygens (including phenoxy) is 2. The van der Waals surface area contributed by atoms with Gasteiger partial charge in [-0.05, 0) is 43.7 Å². The maximum Gasteiger partial charge on any atom is 0.328 e. The van der Waals surface area contributed by atoms with Crippen LogP contribution in [0.2, 0.25) is 0 Å². The standard InChI is InChI=1S/C15H17BrO5/c1-15(2,14(19)20-3)9-21-11-5-6-12(16)10(8-11)4-7-13(17)18/h4-8H,9H2,1-3H3,(H,17,18)/b7-4+. The van der Waals surface area contributed by atoms with Gasteiger partial charge in [-0.15, -0.1) is 0 Å². The van der Waals surface area contributed by atoms with Gasteiger partial charge in [-0.2, -0.15) is 0 Å². The van der Waals surface area contributed by atoms with Gasteiger partial charge < -0.3 is 14.6 Å². The molecule has 0 saturated carbocycles. The third-order valence-corrected chi connectivity index (χ3v) is 3.43. The fourth-order valence-corrected chi connectivity index (χ4v) is 1.88. The molecule has 0 heterocycles. The number of carbonyl (C=O) groups excluding carboxylic acids is 1. The lowest BCUT2D eigenvalue weighted by Gasteiger charge is -2.21. The molecule has 0 radical (unpaired) electrons. The van der Waals surface area contributed by atoms with Crippen LogP contribution in [-0.4, -0.2) is 30.8 Å². The Morgan fingerprint density at radius 1 is 1.38 bits per heavy atom. The summed E-state index contributed by atoms with van der Waals surface area (Å²) in [5.41, 5.74) is -0.0930. The first kappa shape index (κ1) is 17.2. The molecule has 1 aromatic rings. The van der Waals surface area contributed by atoms with Gasteiger partial charge in [0, 0.05) is 10.5 Å². The van der Waals surface area contributed by atoms with Crippen LogP contribution in [0.1, 0.15) is 19.4 Å². The molecule has 0 unspecified atom stereocenters.